The lowest BCUT2D eigenvalue weighted by Gasteiger charge is -2.13. The molecular weight excluding hydrogens is 176 g/mol. The van der Waals surface area contributed by atoms with Gasteiger partial charge < -0.3 is 4.90 Å². The molecular formula is C10H14N4. The Morgan fingerprint density at radius 2 is 2.00 bits per heavy atom. The summed E-state index contributed by atoms with van der Waals surface area (Å²) in [7, 11) is 3.79. The van der Waals surface area contributed by atoms with Gasteiger partial charge in [-0.25, -0.2) is 9.97 Å². The highest BCUT2D eigenvalue weighted by atomic mass is 15.1. The molecule has 14 heavy (non-hydrogen) atoms. The Kier molecular flexibility index (Phi) is 3.03. The Hall–Kier alpha value is -1.63. The average Bonchev–Trinajstić information content (AvgIpc) is 2.16. The summed E-state index contributed by atoms with van der Waals surface area (Å²) in [5, 5.41) is 8.79. The summed E-state index contributed by atoms with van der Waals surface area (Å²) in [6.07, 6.45) is 0. The van der Waals surface area contributed by atoms with Gasteiger partial charge in [0.25, 0.3) is 0 Å². The third-order valence-electron chi connectivity index (χ3n) is 1.82. The van der Waals surface area contributed by atoms with E-state index in [4.69, 9.17) is 5.26 Å². The summed E-state index contributed by atoms with van der Waals surface area (Å²) in [6, 6.07) is 3.73. The predicted octanol–water partition coefficient (Wildman–Crippen LogP) is 1.54. The number of nitriles is 1. The summed E-state index contributed by atoms with van der Waals surface area (Å²) in [5.74, 6) is 1.73. The number of nitrogens with zero attached hydrogens (tertiary/aromatic N) is 4. The first-order chi connectivity index (χ1) is 6.54. The van der Waals surface area contributed by atoms with Crippen molar-refractivity contribution in [2.75, 3.05) is 19.0 Å². The van der Waals surface area contributed by atoms with Gasteiger partial charge in [0, 0.05) is 26.1 Å². The maximum atomic E-state index is 8.79. The number of hydrogen-bond acceptors (Lipinski definition) is 4. The maximum absolute atomic E-state index is 8.79. The topological polar surface area (TPSA) is 52.8 Å². The molecule has 0 saturated carbocycles. The Bertz CT molecular complexity index is 337. The predicted molar refractivity (Wildman–Crippen MR) is 55.2 cm³/mol. The molecule has 0 aliphatic heterocycles. The maximum Gasteiger partial charge on any atom is 0.146 e. The lowest BCUT2D eigenvalue weighted by molar-refractivity contribution is 0.767. The Balaban J connectivity index is 3.22. The largest absolute Gasteiger partial charge is 0.363 e. The number of hydrogen-bond donors (Lipinski definition) is 0. The fraction of sp³-hybridized carbons (Fsp3) is 0.500. The van der Waals surface area contributed by atoms with E-state index in [1.165, 1.54) is 0 Å². The van der Waals surface area contributed by atoms with Crippen molar-refractivity contribution in [3.8, 4) is 6.07 Å². The zero-order chi connectivity index (χ0) is 10.7. The average molecular weight is 190 g/mol. The van der Waals surface area contributed by atoms with Crippen molar-refractivity contribution < 1.29 is 0 Å². The molecule has 0 saturated heterocycles. The molecule has 4 nitrogen and oxygen atoms in total. The van der Waals surface area contributed by atoms with Crippen molar-refractivity contribution in [1.82, 2.24) is 9.97 Å². The molecule has 0 aliphatic rings. The molecule has 0 spiro atoms. The van der Waals surface area contributed by atoms with Gasteiger partial charge in [-0.1, -0.05) is 13.8 Å². The van der Waals surface area contributed by atoms with Crippen LogP contribution >= 0.6 is 0 Å². The van der Waals surface area contributed by atoms with Crippen LogP contribution < -0.4 is 4.90 Å². The van der Waals surface area contributed by atoms with E-state index in [1.54, 1.807) is 6.07 Å². The first kappa shape index (κ1) is 10.5. The molecule has 1 aromatic heterocycles. The molecule has 0 amide bonds. The number of rotatable bonds is 2. The smallest absolute Gasteiger partial charge is 0.146 e. The van der Waals surface area contributed by atoms with Gasteiger partial charge in [-0.05, 0) is 0 Å². The van der Waals surface area contributed by atoms with Crippen molar-refractivity contribution in [3.05, 3.63) is 17.6 Å². The SMILES string of the molecule is CC(C)c1nc(C#N)cc(N(C)C)n1. The summed E-state index contributed by atoms with van der Waals surface area (Å²) in [5.41, 5.74) is 0.424. The van der Waals surface area contributed by atoms with E-state index in [9.17, 15) is 0 Å². The van der Waals surface area contributed by atoms with E-state index in [0.29, 0.717) is 11.5 Å². The van der Waals surface area contributed by atoms with Crippen LogP contribution in [0.5, 0.6) is 0 Å². The molecule has 1 heterocycles. The van der Waals surface area contributed by atoms with Crippen molar-refractivity contribution in [3.63, 3.8) is 0 Å². The summed E-state index contributed by atoms with van der Waals surface area (Å²) in [6.45, 7) is 4.02. The number of anilines is 1. The third-order valence-corrected chi connectivity index (χ3v) is 1.82. The van der Waals surface area contributed by atoms with Crippen molar-refractivity contribution in [2.24, 2.45) is 0 Å². The van der Waals surface area contributed by atoms with Crippen molar-refractivity contribution >= 4 is 5.82 Å². The molecule has 0 N–H and O–H groups in total. The van der Waals surface area contributed by atoms with Gasteiger partial charge in [-0.3, -0.25) is 0 Å². The van der Waals surface area contributed by atoms with Crippen LogP contribution in [0.15, 0.2) is 6.07 Å². The second-order valence-electron chi connectivity index (χ2n) is 3.63. The minimum absolute atomic E-state index is 0.238. The molecule has 0 radical (unpaired) electrons. The van der Waals surface area contributed by atoms with Crippen LogP contribution in [0.1, 0.15) is 31.3 Å². The van der Waals surface area contributed by atoms with Crippen molar-refractivity contribution in [1.29, 1.82) is 5.26 Å². The quantitative estimate of drug-likeness (QED) is 0.709. The standard InChI is InChI=1S/C10H14N4/c1-7(2)10-12-8(6-11)5-9(13-10)14(3)4/h5,7H,1-4H3. The highest BCUT2D eigenvalue weighted by Gasteiger charge is 2.08. The van der Waals surface area contributed by atoms with Crippen LogP contribution in [-0.2, 0) is 0 Å². The molecule has 0 aromatic carbocycles. The van der Waals surface area contributed by atoms with Gasteiger partial charge in [-0.2, -0.15) is 5.26 Å². The van der Waals surface area contributed by atoms with Crippen LogP contribution in [0.3, 0.4) is 0 Å². The highest BCUT2D eigenvalue weighted by Crippen LogP contribution is 2.14. The van der Waals surface area contributed by atoms with Crippen molar-refractivity contribution in [2.45, 2.75) is 19.8 Å². The summed E-state index contributed by atoms with van der Waals surface area (Å²) < 4.78 is 0. The lowest BCUT2D eigenvalue weighted by Crippen LogP contribution is -2.13. The van der Waals surface area contributed by atoms with Crippen LogP contribution in [0.25, 0.3) is 0 Å². The molecule has 0 fully saturated rings. The van der Waals surface area contributed by atoms with Crippen LogP contribution in [-0.4, -0.2) is 24.1 Å². The van der Waals surface area contributed by atoms with Crippen LogP contribution in [0.2, 0.25) is 0 Å². The Morgan fingerprint density at radius 1 is 1.36 bits per heavy atom. The molecule has 0 bridgehead atoms. The third kappa shape index (κ3) is 2.19. The number of aromatic nitrogens is 2. The first-order valence-corrected chi connectivity index (χ1v) is 4.51. The lowest BCUT2D eigenvalue weighted by atomic mass is 10.2. The van der Waals surface area contributed by atoms with Gasteiger partial charge in [-0.15, -0.1) is 0 Å². The van der Waals surface area contributed by atoms with Crippen LogP contribution in [0.4, 0.5) is 5.82 Å². The molecule has 0 unspecified atom stereocenters. The molecule has 1 rings (SSSR count). The van der Waals surface area contributed by atoms with E-state index >= 15 is 0 Å². The molecule has 74 valence electrons. The van der Waals surface area contributed by atoms with Gasteiger partial charge in [0.1, 0.15) is 23.4 Å². The monoisotopic (exact) mass is 190 g/mol. The fourth-order valence-electron chi connectivity index (χ4n) is 0.997. The first-order valence-electron chi connectivity index (χ1n) is 4.51. The second kappa shape index (κ2) is 4.05. The Labute approximate surface area is 84.2 Å². The highest BCUT2D eigenvalue weighted by molar-refractivity contribution is 5.41. The van der Waals surface area contributed by atoms with E-state index in [1.807, 2.05) is 38.9 Å². The summed E-state index contributed by atoms with van der Waals surface area (Å²) >= 11 is 0. The fourth-order valence-corrected chi connectivity index (χ4v) is 0.997. The van der Waals surface area contributed by atoms with Gasteiger partial charge >= 0.3 is 0 Å². The second-order valence-corrected chi connectivity index (χ2v) is 3.63. The molecule has 0 aliphatic carbocycles. The van der Waals surface area contributed by atoms with Gasteiger partial charge in [0.05, 0.1) is 0 Å². The minimum Gasteiger partial charge on any atom is -0.363 e. The zero-order valence-electron chi connectivity index (χ0n) is 8.94. The minimum atomic E-state index is 0.238. The van der Waals surface area contributed by atoms with E-state index in [2.05, 4.69) is 9.97 Å². The molecule has 1 aromatic rings. The van der Waals surface area contributed by atoms with E-state index < -0.39 is 0 Å². The molecule has 0 atom stereocenters. The Morgan fingerprint density at radius 3 is 2.43 bits per heavy atom. The van der Waals surface area contributed by atoms with E-state index in [-0.39, 0.29) is 5.92 Å². The van der Waals surface area contributed by atoms with Crippen LogP contribution in [0, 0.1) is 11.3 Å². The van der Waals surface area contributed by atoms with Gasteiger partial charge in [0.2, 0.25) is 0 Å². The summed E-state index contributed by atoms with van der Waals surface area (Å²) in [4.78, 5) is 10.3. The van der Waals surface area contributed by atoms with E-state index in [0.717, 1.165) is 5.82 Å². The molecule has 4 heteroatoms. The normalized spacial score (nSPS) is 10.0. The zero-order valence-corrected chi connectivity index (χ0v) is 8.94. The van der Waals surface area contributed by atoms with Gasteiger partial charge in [0.15, 0.2) is 0 Å².